The van der Waals surface area contributed by atoms with E-state index < -0.39 is 0 Å². The van der Waals surface area contributed by atoms with E-state index in [0.717, 1.165) is 40.7 Å². The summed E-state index contributed by atoms with van der Waals surface area (Å²) in [4.78, 5) is 2.61. The van der Waals surface area contributed by atoms with Crippen molar-refractivity contribution < 1.29 is 8.83 Å². The first-order valence-corrected chi connectivity index (χ1v) is 39.0. The first-order chi connectivity index (χ1) is 48.2. The monoisotopic (exact) mass is 1290 g/mol. The topological polar surface area (TPSA) is 29.5 Å². The first-order valence-electron chi connectivity index (χ1n) is 39.0. The van der Waals surface area contributed by atoms with Gasteiger partial charge in [-0.1, -0.05) is 305 Å². The normalized spacial score (nSPS) is 14.4. The molecular weight excluding hydrogens is 1190 g/mol. The van der Waals surface area contributed by atoms with Crippen molar-refractivity contribution in [3.63, 3.8) is 0 Å². The van der Waals surface area contributed by atoms with E-state index in [0.29, 0.717) is 0 Å². The molecule has 0 radical (unpaired) electrons. The number of benzene rings is 10. The van der Waals surface area contributed by atoms with Crippen molar-refractivity contribution in [1.82, 2.24) is 0 Å². The molecular formula is C95H105NO2. The van der Waals surface area contributed by atoms with Gasteiger partial charge in [-0.2, -0.15) is 0 Å². The third kappa shape index (κ3) is 11.8. The summed E-state index contributed by atoms with van der Waals surface area (Å²) >= 11 is 0. The minimum atomic E-state index is -0.323. The lowest BCUT2D eigenvalue weighted by molar-refractivity contribution is 0.394. The van der Waals surface area contributed by atoms with Crippen molar-refractivity contribution in [1.29, 1.82) is 0 Å². The lowest BCUT2D eigenvalue weighted by Gasteiger charge is -2.35. The van der Waals surface area contributed by atoms with Gasteiger partial charge in [0.05, 0.1) is 0 Å². The Morgan fingerprint density at radius 1 is 0.296 bits per heavy atom. The fourth-order valence-corrected chi connectivity index (χ4v) is 18.9. The Labute approximate surface area is 585 Å². The van der Waals surface area contributed by atoms with Gasteiger partial charge in [-0.25, -0.2) is 0 Å². The second-order valence-electron chi connectivity index (χ2n) is 30.6. The van der Waals surface area contributed by atoms with Crippen molar-refractivity contribution in [2.24, 2.45) is 0 Å². The molecule has 502 valence electrons. The zero-order valence-corrected chi connectivity index (χ0v) is 60.0. The summed E-state index contributed by atoms with van der Waals surface area (Å²) < 4.78 is 14.0. The molecule has 3 nitrogen and oxygen atoms in total. The highest BCUT2D eigenvalue weighted by Gasteiger charge is 2.49. The van der Waals surface area contributed by atoms with Crippen molar-refractivity contribution in [3.05, 3.63) is 221 Å². The summed E-state index contributed by atoms with van der Waals surface area (Å²) in [5.74, 6) is 0. The quantitative estimate of drug-likeness (QED) is 0.0394. The highest BCUT2D eigenvalue weighted by atomic mass is 16.3. The van der Waals surface area contributed by atoms with Crippen molar-refractivity contribution in [2.45, 2.75) is 238 Å². The molecule has 12 aromatic rings. The molecule has 15 rings (SSSR count). The zero-order chi connectivity index (χ0) is 66.8. The largest absolute Gasteiger partial charge is 0.456 e. The summed E-state index contributed by atoms with van der Waals surface area (Å²) in [6.45, 7) is 14.3. The Balaban J connectivity index is 0.913. The average Bonchev–Trinajstić information content (AvgIpc) is 1.53. The summed E-state index contributed by atoms with van der Waals surface area (Å²) in [7, 11) is 0. The molecule has 2 heterocycles. The van der Waals surface area contributed by atoms with Crippen LogP contribution in [0.4, 0.5) is 17.1 Å². The fourth-order valence-electron chi connectivity index (χ4n) is 18.9. The molecule has 3 aliphatic carbocycles. The van der Waals surface area contributed by atoms with Gasteiger partial charge >= 0.3 is 0 Å². The molecule has 0 bridgehead atoms. The number of furan rings is 2. The van der Waals surface area contributed by atoms with E-state index in [-0.39, 0.29) is 16.2 Å². The van der Waals surface area contributed by atoms with Crippen LogP contribution in [0.5, 0.6) is 0 Å². The Bertz CT molecular complexity index is 4780. The number of rotatable bonds is 32. The maximum atomic E-state index is 7.03. The van der Waals surface area contributed by atoms with Crippen LogP contribution in [0.25, 0.3) is 99.2 Å². The first kappa shape index (κ1) is 65.8. The maximum Gasteiger partial charge on any atom is 0.143 e. The van der Waals surface area contributed by atoms with Crippen molar-refractivity contribution in [2.75, 3.05) is 4.90 Å². The lowest BCUT2D eigenvalue weighted by atomic mass is 9.68. The van der Waals surface area contributed by atoms with Gasteiger partial charge in [0.2, 0.25) is 0 Å². The third-order valence-corrected chi connectivity index (χ3v) is 24.0. The Kier molecular flexibility index (Phi) is 19.2. The number of nitrogens with zero attached hydrogens (tertiary/aromatic N) is 1. The number of hydrogen-bond acceptors (Lipinski definition) is 3. The van der Waals surface area contributed by atoms with Gasteiger partial charge in [-0.3, -0.25) is 0 Å². The predicted molar refractivity (Wildman–Crippen MR) is 421 cm³/mol. The van der Waals surface area contributed by atoms with Crippen LogP contribution in [0.1, 0.15) is 255 Å². The molecule has 0 unspecified atom stereocenters. The minimum absolute atomic E-state index is 0.0920. The number of para-hydroxylation sites is 3. The maximum absolute atomic E-state index is 7.03. The van der Waals surface area contributed by atoms with Crippen LogP contribution in [0.3, 0.4) is 0 Å². The van der Waals surface area contributed by atoms with E-state index in [1.54, 1.807) is 22.3 Å². The van der Waals surface area contributed by atoms with E-state index in [1.807, 2.05) is 0 Å². The summed E-state index contributed by atoms with van der Waals surface area (Å²) in [6.07, 6.45) is 35.7. The van der Waals surface area contributed by atoms with E-state index in [1.165, 1.54) is 266 Å². The summed E-state index contributed by atoms with van der Waals surface area (Å²) in [5, 5.41) is 7.45. The van der Waals surface area contributed by atoms with Gasteiger partial charge in [-0.05, 0) is 188 Å². The number of unbranched alkanes of at least 4 members (excludes halogenated alkanes) is 20. The second-order valence-corrected chi connectivity index (χ2v) is 30.6. The average molecular weight is 1290 g/mol. The van der Waals surface area contributed by atoms with Crippen LogP contribution in [0.2, 0.25) is 0 Å². The summed E-state index contributed by atoms with van der Waals surface area (Å²) in [5.41, 5.74) is 26.8. The van der Waals surface area contributed by atoms with E-state index >= 15 is 0 Å². The van der Waals surface area contributed by atoms with Crippen molar-refractivity contribution >= 4 is 71.7 Å². The van der Waals surface area contributed by atoms with Crippen LogP contribution in [0, 0.1) is 0 Å². The molecule has 3 heteroatoms. The predicted octanol–water partition coefficient (Wildman–Crippen LogP) is 29.6. The number of anilines is 3. The van der Waals surface area contributed by atoms with Crippen molar-refractivity contribution in [3.8, 4) is 44.5 Å². The molecule has 0 N–H and O–H groups in total. The Morgan fingerprint density at radius 3 is 1.39 bits per heavy atom. The lowest BCUT2D eigenvalue weighted by Crippen LogP contribution is -2.27. The molecule has 0 saturated carbocycles. The molecule has 0 atom stereocenters. The van der Waals surface area contributed by atoms with Gasteiger partial charge in [-0.15, -0.1) is 0 Å². The molecule has 0 aliphatic heterocycles. The van der Waals surface area contributed by atoms with Crippen LogP contribution < -0.4 is 4.90 Å². The molecule has 3 aliphatic rings. The molecule has 0 spiro atoms. The molecule has 0 fully saturated rings. The highest BCUT2D eigenvalue weighted by Crippen LogP contribution is 2.64. The van der Waals surface area contributed by atoms with Crippen LogP contribution in [0.15, 0.2) is 197 Å². The van der Waals surface area contributed by atoms with Gasteiger partial charge in [0.25, 0.3) is 0 Å². The van der Waals surface area contributed by atoms with Gasteiger partial charge < -0.3 is 13.7 Å². The van der Waals surface area contributed by atoms with Crippen LogP contribution in [-0.2, 0) is 16.2 Å². The van der Waals surface area contributed by atoms with E-state index in [4.69, 9.17) is 8.83 Å². The second kappa shape index (κ2) is 28.6. The van der Waals surface area contributed by atoms with Gasteiger partial charge in [0.15, 0.2) is 0 Å². The molecule has 98 heavy (non-hydrogen) atoms. The van der Waals surface area contributed by atoms with Gasteiger partial charge in [0, 0.05) is 60.4 Å². The SMILES string of the molecule is CCCCCCCCC1(CCCCCCCC)c2cc(N(c3ccccc3)c3ccc4c(c3)C(C)(C)c3cc(-c5ccc6ccccc6c5)c5oc6ccccc6c5c3-4)ccc2-c2cc3c(cc21)-c1c(ccc2oc4ccccc4c12)C3(CCCCCCCC)CCCCCCCC. The number of hydrogen-bond donors (Lipinski definition) is 0. The standard InChI is InChI=1S/C95H105NO2/c1-7-11-15-19-23-36-56-94(57-37-24-20-16-12-8-2)79-54-55-87-90(74-44-32-34-46-85(74)97-87)89(79)78-65-82-77(64-83(78)94)72-52-50-71(62-81(72)95(82,58-38-25-21-17-13-9-3)59-39-26-22-18-14-10-4)96(69-42-28-27-29-43-69)70-51-53-73-80(61-70)93(5,6)84-63-76(68-49-48-66-40-30-31-41-67(66)60-68)92-91(88(73)84)75-45-33-35-47-86(75)98-92/h27-35,40-55,60-65H,7-26,36-39,56-59H2,1-6H3. The Hall–Kier alpha value is -8.14. The molecule has 0 amide bonds. The highest BCUT2D eigenvalue weighted by molar-refractivity contribution is 6.19. The van der Waals surface area contributed by atoms with Crippen LogP contribution >= 0.6 is 0 Å². The number of fused-ring (bicyclic) bond motifs is 18. The molecule has 2 aromatic heterocycles. The Morgan fingerprint density at radius 2 is 0.765 bits per heavy atom. The fraction of sp³-hybridized carbons (Fsp3) is 0.389. The summed E-state index contributed by atoms with van der Waals surface area (Å²) in [6, 6.07) is 73.0. The van der Waals surface area contributed by atoms with E-state index in [2.05, 4.69) is 234 Å². The smallest absolute Gasteiger partial charge is 0.143 e. The molecule has 10 aromatic carbocycles. The minimum Gasteiger partial charge on any atom is -0.456 e. The third-order valence-electron chi connectivity index (χ3n) is 24.0. The van der Waals surface area contributed by atoms with E-state index in [9.17, 15) is 0 Å². The zero-order valence-electron chi connectivity index (χ0n) is 60.0. The van der Waals surface area contributed by atoms with Gasteiger partial charge in [0.1, 0.15) is 22.3 Å². The van der Waals surface area contributed by atoms with Crippen LogP contribution in [-0.4, -0.2) is 0 Å². The molecule has 0 saturated heterocycles.